The normalized spacial score (nSPS) is 11.4. The van der Waals surface area contributed by atoms with Crippen molar-refractivity contribution in [2.45, 2.75) is 19.9 Å². The summed E-state index contributed by atoms with van der Waals surface area (Å²) >= 11 is 6.13. The summed E-state index contributed by atoms with van der Waals surface area (Å²) in [7, 11) is 0. The van der Waals surface area contributed by atoms with Crippen LogP contribution >= 0.6 is 11.6 Å². The van der Waals surface area contributed by atoms with Gasteiger partial charge in [-0.15, -0.1) is 5.10 Å². The summed E-state index contributed by atoms with van der Waals surface area (Å²) in [5.41, 5.74) is 2.03. The molecule has 4 heterocycles. The van der Waals surface area contributed by atoms with Crippen LogP contribution in [-0.4, -0.2) is 40.5 Å². The number of halogens is 1. The minimum Gasteiger partial charge on any atom is -0.369 e. The third-order valence-corrected chi connectivity index (χ3v) is 5.16. The molecule has 9 nitrogen and oxygen atoms in total. The van der Waals surface area contributed by atoms with Crippen molar-refractivity contribution < 1.29 is 0 Å². The van der Waals surface area contributed by atoms with Crippen molar-refractivity contribution >= 4 is 34.1 Å². The first kappa shape index (κ1) is 19.3. The van der Waals surface area contributed by atoms with Crippen LogP contribution in [0, 0.1) is 6.92 Å². The molecule has 0 aliphatic rings. The molecule has 4 aromatic heterocycles. The fourth-order valence-electron chi connectivity index (χ4n) is 3.50. The van der Waals surface area contributed by atoms with E-state index in [4.69, 9.17) is 11.6 Å². The van der Waals surface area contributed by atoms with Gasteiger partial charge in [0.15, 0.2) is 11.3 Å². The molecule has 0 amide bonds. The molecule has 0 atom stereocenters. The Hall–Kier alpha value is -3.72. The number of pyridine rings is 1. The molecule has 1 aromatic carbocycles. The molecule has 0 aliphatic carbocycles. The predicted octanol–water partition coefficient (Wildman–Crippen LogP) is 3.09. The molecule has 156 valence electrons. The van der Waals surface area contributed by atoms with E-state index >= 15 is 0 Å². The van der Waals surface area contributed by atoms with Gasteiger partial charge >= 0.3 is 5.69 Å². The Kier molecular flexibility index (Phi) is 4.87. The van der Waals surface area contributed by atoms with Crippen LogP contribution < -0.4 is 11.0 Å². The zero-order valence-corrected chi connectivity index (χ0v) is 17.5. The lowest BCUT2D eigenvalue weighted by Crippen LogP contribution is -2.22. The second-order valence-electron chi connectivity index (χ2n) is 7.11. The number of fused-ring (bicyclic) bond motifs is 2. The third kappa shape index (κ3) is 3.64. The largest absolute Gasteiger partial charge is 0.369 e. The molecule has 0 fully saturated rings. The smallest absolute Gasteiger partial charge is 0.350 e. The summed E-state index contributed by atoms with van der Waals surface area (Å²) in [5.74, 6) is 1.34. The van der Waals surface area contributed by atoms with Crippen molar-refractivity contribution in [3.05, 3.63) is 76.2 Å². The third-order valence-electron chi connectivity index (χ3n) is 4.92. The van der Waals surface area contributed by atoms with Crippen LogP contribution in [0.5, 0.6) is 0 Å². The van der Waals surface area contributed by atoms with E-state index in [9.17, 15) is 4.79 Å². The summed E-state index contributed by atoms with van der Waals surface area (Å²) < 4.78 is 4.77. The van der Waals surface area contributed by atoms with Gasteiger partial charge in [-0.25, -0.2) is 24.1 Å². The molecule has 31 heavy (non-hydrogen) atoms. The lowest BCUT2D eigenvalue weighted by molar-refractivity contribution is 0.572. The Morgan fingerprint density at radius 2 is 2.03 bits per heavy atom. The van der Waals surface area contributed by atoms with E-state index in [-0.39, 0.29) is 5.69 Å². The van der Waals surface area contributed by atoms with Crippen LogP contribution in [0.1, 0.15) is 12.2 Å². The van der Waals surface area contributed by atoms with Gasteiger partial charge in [0.05, 0.1) is 17.3 Å². The first-order chi connectivity index (χ1) is 15.1. The van der Waals surface area contributed by atoms with Gasteiger partial charge in [-0.2, -0.15) is 5.10 Å². The van der Waals surface area contributed by atoms with E-state index in [1.54, 1.807) is 17.1 Å². The Labute approximate surface area is 181 Å². The van der Waals surface area contributed by atoms with Gasteiger partial charge < -0.3 is 5.32 Å². The Balaban J connectivity index is 1.34. The van der Waals surface area contributed by atoms with Crippen molar-refractivity contribution in [1.29, 1.82) is 0 Å². The number of aryl methyl sites for hydroxylation is 2. The number of nitrogens with one attached hydrogen (secondary N) is 1. The number of aromatic nitrogens is 7. The Bertz CT molecular complexity index is 1450. The van der Waals surface area contributed by atoms with Crippen LogP contribution in [0.2, 0.25) is 5.02 Å². The second-order valence-corrected chi connectivity index (χ2v) is 7.54. The number of hydrogen-bond donors (Lipinski definition) is 1. The van der Waals surface area contributed by atoms with Crippen molar-refractivity contribution in [2.75, 3.05) is 11.9 Å². The highest BCUT2D eigenvalue weighted by molar-refractivity contribution is 6.30. The van der Waals surface area contributed by atoms with Crippen LogP contribution in [0.15, 0.2) is 59.7 Å². The standard InChI is InChI=1S/C21H19ClN8O/c1-14-25-19(17-13-24-30(20(17)26-14)16-7-4-6-15(22)12-16)23-9-5-11-29-21(31)28-10-3-2-8-18(28)27-29/h2-4,6-8,10,12-13H,5,9,11H2,1H3,(H,23,25,26). The summed E-state index contributed by atoms with van der Waals surface area (Å²) in [4.78, 5) is 21.5. The summed E-state index contributed by atoms with van der Waals surface area (Å²) in [5, 5.41) is 13.6. The fraction of sp³-hybridized carbons (Fsp3) is 0.190. The minimum absolute atomic E-state index is 0.140. The number of rotatable bonds is 6. The molecule has 0 saturated heterocycles. The van der Waals surface area contributed by atoms with Crippen LogP contribution in [-0.2, 0) is 6.54 Å². The van der Waals surface area contributed by atoms with Gasteiger partial charge in [0.1, 0.15) is 11.6 Å². The summed E-state index contributed by atoms with van der Waals surface area (Å²) in [6.07, 6.45) is 4.17. The number of anilines is 1. The molecule has 1 N–H and O–H groups in total. The fourth-order valence-corrected chi connectivity index (χ4v) is 3.68. The maximum absolute atomic E-state index is 12.4. The highest BCUT2D eigenvalue weighted by atomic mass is 35.5. The second kappa shape index (κ2) is 7.84. The zero-order valence-electron chi connectivity index (χ0n) is 16.7. The molecule has 5 aromatic rings. The molecule has 0 spiro atoms. The monoisotopic (exact) mass is 434 g/mol. The average Bonchev–Trinajstić information content (AvgIpc) is 3.32. The quantitative estimate of drug-likeness (QED) is 0.413. The van der Waals surface area contributed by atoms with E-state index in [0.717, 1.165) is 11.1 Å². The zero-order chi connectivity index (χ0) is 21.4. The topological polar surface area (TPSA) is 94.9 Å². The van der Waals surface area contributed by atoms with Gasteiger partial charge in [0.25, 0.3) is 0 Å². The first-order valence-electron chi connectivity index (χ1n) is 9.86. The van der Waals surface area contributed by atoms with Crippen molar-refractivity contribution in [1.82, 2.24) is 33.9 Å². The minimum atomic E-state index is -0.140. The number of hydrogen-bond acceptors (Lipinski definition) is 6. The lowest BCUT2D eigenvalue weighted by atomic mass is 10.3. The van der Waals surface area contributed by atoms with E-state index in [1.807, 2.05) is 49.4 Å². The lowest BCUT2D eigenvalue weighted by Gasteiger charge is -2.08. The average molecular weight is 435 g/mol. The summed E-state index contributed by atoms with van der Waals surface area (Å²) in [6.45, 7) is 2.97. The van der Waals surface area contributed by atoms with Gasteiger partial charge in [-0.3, -0.25) is 4.40 Å². The van der Waals surface area contributed by atoms with E-state index in [2.05, 4.69) is 25.5 Å². The van der Waals surface area contributed by atoms with Crippen molar-refractivity contribution in [3.63, 3.8) is 0 Å². The molecule has 5 rings (SSSR count). The van der Waals surface area contributed by atoms with Crippen LogP contribution in [0.3, 0.4) is 0 Å². The highest BCUT2D eigenvalue weighted by Crippen LogP contribution is 2.24. The summed E-state index contributed by atoms with van der Waals surface area (Å²) in [6, 6.07) is 12.9. The first-order valence-corrected chi connectivity index (χ1v) is 10.2. The molecule has 0 aliphatic heterocycles. The Morgan fingerprint density at radius 1 is 1.13 bits per heavy atom. The molecular formula is C21H19ClN8O. The molecule has 0 saturated carbocycles. The molecule has 0 unspecified atom stereocenters. The molecule has 10 heteroatoms. The van der Waals surface area contributed by atoms with E-state index in [1.165, 1.54) is 9.08 Å². The Morgan fingerprint density at radius 3 is 2.87 bits per heavy atom. The maximum Gasteiger partial charge on any atom is 0.350 e. The molecule has 0 radical (unpaired) electrons. The maximum atomic E-state index is 12.4. The van der Waals surface area contributed by atoms with Crippen molar-refractivity contribution in [2.24, 2.45) is 0 Å². The SMILES string of the molecule is Cc1nc(NCCCn2nc3ccccn3c2=O)c2cnn(-c3cccc(Cl)c3)c2n1. The highest BCUT2D eigenvalue weighted by Gasteiger charge is 2.13. The van der Waals surface area contributed by atoms with E-state index in [0.29, 0.717) is 47.5 Å². The molecular weight excluding hydrogens is 416 g/mol. The van der Waals surface area contributed by atoms with Crippen molar-refractivity contribution in [3.8, 4) is 5.69 Å². The number of benzene rings is 1. The van der Waals surface area contributed by atoms with Gasteiger partial charge in [-0.05, 0) is 43.7 Å². The van der Waals surface area contributed by atoms with Gasteiger partial charge in [0.2, 0.25) is 0 Å². The van der Waals surface area contributed by atoms with Crippen LogP contribution in [0.25, 0.3) is 22.4 Å². The number of nitrogens with zero attached hydrogens (tertiary/aromatic N) is 7. The van der Waals surface area contributed by atoms with E-state index < -0.39 is 0 Å². The molecule has 0 bridgehead atoms. The van der Waals surface area contributed by atoms with Gasteiger partial charge in [-0.1, -0.05) is 23.7 Å². The predicted molar refractivity (Wildman–Crippen MR) is 119 cm³/mol. The van der Waals surface area contributed by atoms with Crippen LogP contribution in [0.4, 0.5) is 5.82 Å². The van der Waals surface area contributed by atoms with Gasteiger partial charge in [0, 0.05) is 24.3 Å².